The van der Waals surface area contributed by atoms with Crippen LogP contribution in [0, 0.1) is 11.7 Å². The highest BCUT2D eigenvalue weighted by molar-refractivity contribution is 7.85. The molecule has 0 aliphatic carbocycles. The molecule has 0 radical (unpaired) electrons. The predicted octanol–water partition coefficient (Wildman–Crippen LogP) is 1.28. The molecule has 1 aromatic rings. The summed E-state index contributed by atoms with van der Waals surface area (Å²) in [5.41, 5.74) is 0.363. The lowest BCUT2D eigenvalue weighted by Crippen LogP contribution is -2.52. The quantitative estimate of drug-likeness (QED) is 0.495. The number of amides is 3. The minimum Gasteiger partial charge on any atom is -0.369 e. The molecule has 3 heterocycles. The number of hydrogen-bond acceptors (Lipinski definition) is 7. The number of nitrogens with one attached hydrogen (secondary N) is 1. The van der Waals surface area contributed by atoms with Gasteiger partial charge in [-0.25, -0.2) is 4.39 Å². The summed E-state index contributed by atoms with van der Waals surface area (Å²) in [5, 5.41) is 2.67. The van der Waals surface area contributed by atoms with Gasteiger partial charge in [0.15, 0.2) is 0 Å². The van der Waals surface area contributed by atoms with Crippen molar-refractivity contribution in [3.63, 3.8) is 0 Å². The number of imide groups is 1. The number of benzene rings is 1. The minimum absolute atomic E-state index is 0.0116. The van der Waals surface area contributed by atoms with E-state index < -0.39 is 33.8 Å². The molecule has 0 spiro atoms. The second kappa shape index (κ2) is 8.78. The molecule has 2 fully saturated rings. The average molecular weight is 468 g/mol. The average Bonchev–Trinajstić information content (AvgIpc) is 2.97. The first-order chi connectivity index (χ1) is 15.2. The third-order valence-electron chi connectivity index (χ3n) is 6.33. The Morgan fingerprint density at radius 3 is 2.38 bits per heavy atom. The second-order valence-electron chi connectivity index (χ2n) is 8.52. The highest BCUT2D eigenvalue weighted by Crippen LogP contribution is 2.34. The van der Waals surface area contributed by atoms with Crippen molar-refractivity contribution in [3.05, 3.63) is 29.1 Å². The lowest BCUT2D eigenvalue weighted by molar-refractivity contribution is -0.126. The molecule has 1 aromatic carbocycles. The molecular formula is C21H26FN3O6S. The maximum atomic E-state index is 14.9. The smallest absolute Gasteiger partial charge is 0.264 e. The first-order valence-electron chi connectivity index (χ1n) is 10.7. The normalized spacial score (nSPS) is 22.3. The lowest BCUT2D eigenvalue weighted by Gasteiger charge is -2.34. The van der Waals surface area contributed by atoms with Gasteiger partial charge in [0, 0.05) is 19.6 Å². The van der Waals surface area contributed by atoms with Crippen LogP contribution in [0.5, 0.6) is 0 Å². The van der Waals surface area contributed by atoms with Gasteiger partial charge in [-0.1, -0.05) is 0 Å². The number of piperidine rings is 2. The topological polar surface area (TPSA) is 113 Å². The molecule has 11 heteroatoms. The van der Waals surface area contributed by atoms with Gasteiger partial charge in [-0.15, -0.1) is 0 Å². The van der Waals surface area contributed by atoms with Crippen molar-refractivity contribution in [2.45, 2.75) is 38.1 Å². The van der Waals surface area contributed by atoms with Crippen molar-refractivity contribution in [2.75, 3.05) is 37.4 Å². The molecule has 1 N–H and O–H groups in total. The van der Waals surface area contributed by atoms with Crippen molar-refractivity contribution < 1.29 is 31.4 Å². The van der Waals surface area contributed by atoms with Gasteiger partial charge in [0.25, 0.3) is 21.9 Å². The number of rotatable bonds is 6. The third kappa shape index (κ3) is 4.49. The number of carbonyl (C=O) groups excluding carboxylic acids is 3. The van der Waals surface area contributed by atoms with Crippen molar-refractivity contribution in [1.82, 2.24) is 10.2 Å². The molecule has 1 atom stereocenters. The highest BCUT2D eigenvalue weighted by Gasteiger charge is 2.44. The van der Waals surface area contributed by atoms with E-state index in [1.165, 1.54) is 6.07 Å². The van der Waals surface area contributed by atoms with E-state index in [2.05, 4.69) is 5.32 Å². The Morgan fingerprint density at radius 2 is 1.75 bits per heavy atom. The Kier molecular flexibility index (Phi) is 6.22. The fourth-order valence-electron chi connectivity index (χ4n) is 4.62. The summed E-state index contributed by atoms with van der Waals surface area (Å²) in [5.74, 6) is -1.90. The summed E-state index contributed by atoms with van der Waals surface area (Å²) in [6.07, 6.45) is 4.12. The van der Waals surface area contributed by atoms with Gasteiger partial charge >= 0.3 is 0 Å². The zero-order chi connectivity index (χ0) is 23.0. The van der Waals surface area contributed by atoms with Crippen molar-refractivity contribution >= 4 is 33.5 Å². The van der Waals surface area contributed by atoms with Gasteiger partial charge in [0.1, 0.15) is 11.9 Å². The van der Waals surface area contributed by atoms with E-state index in [4.69, 9.17) is 4.18 Å². The summed E-state index contributed by atoms with van der Waals surface area (Å²) in [6.45, 7) is 1.71. The van der Waals surface area contributed by atoms with E-state index in [-0.39, 0.29) is 35.2 Å². The summed E-state index contributed by atoms with van der Waals surface area (Å²) in [6, 6.07) is 1.64. The molecule has 3 aliphatic heterocycles. The summed E-state index contributed by atoms with van der Waals surface area (Å²) in [4.78, 5) is 40.7. The van der Waals surface area contributed by atoms with Gasteiger partial charge in [-0.05, 0) is 50.2 Å². The van der Waals surface area contributed by atoms with Gasteiger partial charge in [-0.2, -0.15) is 8.42 Å². The molecule has 9 nitrogen and oxygen atoms in total. The monoisotopic (exact) mass is 467 g/mol. The number of hydrogen-bond donors (Lipinski definition) is 1. The number of halogens is 1. The highest BCUT2D eigenvalue weighted by atomic mass is 32.2. The van der Waals surface area contributed by atoms with E-state index in [1.807, 2.05) is 4.90 Å². The lowest BCUT2D eigenvalue weighted by atomic mass is 9.93. The Morgan fingerprint density at radius 1 is 1.09 bits per heavy atom. The van der Waals surface area contributed by atoms with Crippen molar-refractivity contribution in [1.29, 1.82) is 0 Å². The van der Waals surface area contributed by atoms with Crippen LogP contribution in [0.1, 0.15) is 52.8 Å². The van der Waals surface area contributed by atoms with Gasteiger partial charge in [-0.3, -0.25) is 23.5 Å². The molecule has 3 amide bonds. The van der Waals surface area contributed by atoms with Crippen LogP contribution in [0.4, 0.5) is 10.1 Å². The third-order valence-corrected chi connectivity index (χ3v) is 6.93. The molecule has 174 valence electrons. The molecule has 3 aliphatic rings. The van der Waals surface area contributed by atoms with Crippen molar-refractivity contribution in [2.24, 2.45) is 5.92 Å². The zero-order valence-electron chi connectivity index (χ0n) is 17.8. The van der Waals surface area contributed by atoms with Crippen LogP contribution in [-0.2, 0) is 19.1 Å². The number of anilines is 1. The predicted molar refractivity (Wildman–Crippen MR) is 113 cm³/mol. The molecule has 4 rings (SSSR count). The molecular weight excluding hydrogens is 441 g/mol. The van der Waals surface area contributed by atoms with Crippen LogP contribution in [0.3, 0.4) is 0 Å². The molecule has 1 unspecified atom stereocenters. The van der Waals surface area contributed by atoms with Crippen LogP contribution >= 0.6 is 0 Å². The number of nitrogens with zero attached hydrogens (tertiary/aromatic N) is 2. The molecule has 32 heavy (non-hydrogen) atoms. The Labute approximate surface area is 186 Å². The first-order valence-corrected chi connectivity index (χ1v) is 12.6. The van der Waals surface area contributed by atoms with Crippen LogP contribution < -0.4 is 10.2 Å². The maximum absolute atomic E-state index is 14.9. The Bertz CT molecular complexity index is 1050. The maximum Gasteiger partial charge on any atom is 0.264 e. The van der Waals surface area contributed by atoms with Crippen molar-refractivity contribution in [3.8, 4) is 0 Å². The Hall–Kier alpha value is -2.53. The number of carbonyl (C=O) groups is 3. The van der Waals surface area contributed by atoms with Gasteiger partial charge in [0.05, 0.1) is 29.7 Å². The van der Waals surface area contributed by atoms with Crippen LogP contribution in [0.15, 0.2) is 12.1 Å². The number of fused-ring (bicyclic) bond motifs is 1. The standard InChI is InChI=1S/C21H26FN3O6S/c1-32(29,30)31-10-6-13-4-8-24(9-5-13)18-12-15-14(11-16(18)22)20(27)25(21(15)28)17-3-2-7-23-19(17)26/h11-13,17H,2-10H2,1H3,(H,23,26). The zero-order valence-corrected chi connectivity index (χ0v) is 18.6. The van der Waals surface area contributed by atoms with Gasteiger partial charge in [0.2, 0.25) is 5.91 Å². The molecule has 0 aromatic heterocycles. The summed E-state index contributed by atoms with van der Waals surface area (Å²) < 4.78 is 41.9. The van der Waals surface area contributed by atoms with Crippen LogP contribution in [0.2, 0.25) is 0 Å². The first kappa shape index (κ1) is 22.7. The summed E-state index contributed by atoms with van der Waals surface area (Å²) >= 11 is 0. The molecule has 0 saturated carbocycles. The van der Waals surface area contributed by atoms with Crippen LogP contribution in [0.25, 0.3) is 0 Å². The van der Waals surface area contributed by atoms with Crippen LogP contribution in [-0.4, -0.2) is 69.6 Å². The minimum atomic E-state index is -3.46. The van der Waals surface area contributed by atoms with Gasteiger partial charge < -0.3 is 10.2 Å². The SMILES string of the molecule is CS(=O)(=O)OCCC1CCN(c2cc3c(cc2F)C(=O)N(C2CCCNC2=O)C3=O)CC1. The second-order valence-corrected chi connectivity index (χ2v) is 10.2. The van der Waals surface area contributed by atoms with E-state index in [0.29, 0.717) is 38.9 Å². The van der Waals surface area contributed by atoms with E-state index in [9.17, 15) is 27.2 Å². The fourth-order valence-corrected chi connectivity index (χ4v) is 5.02. The van der Waals surface area contributed by atoms with E-state index >= 15 is 0 Å². The van der Waals surface area contributed by atoms with E-state index in [0.717, 1.165) is 30.1 Å². The molecule has 2 saturated heterocycles. The summed E-state index contributed by atoms with van der Waals surface area (Å²) in [7, 11) is -3.46. The fraction of sp³-hybridized carbons (Fsp3) is 0.571. The van der Waals surface area contributed by atoms with E-state index in [1.54, 1.807) is 0 Å². The molecule has 0 bridgehead atoms. The Balaban J connectivity index is 1.46. The largest absolute Gasteiger partial charge is 0.369 e.